The minimum absolute atomic E-state index is 0.112. The molecule has 25 heavy (non-hydrogen) atoms. The molecular formula is C19H22ClN3O2. The maximum atomic E-state index is 12.7. The van der Waals surface area contributed by atoms with E-state index in [2.05, 4.69) is 10.1 Å². The molecule has 0 aliphatic carbocycles. The number of carbonyl (C=O) groups excluding carboxylic acids is 1. The van der Waals surface area contributed by atoms with Gasteiger partial charge in [-0.25, -0.2) is 0 Å². The first kappa shape index (κ1) is 16.6. The van der Waals surface area contributed by atoms with Crippen LogP contribution in [-0.2, 0) is 17.8 Å². The summed E-state index contributed by atoms with van der Waals surface area (Å²) in [6.45, 7) is 5.32. The van der Waals surface area contributed by atoms with Gasteiger partial charge in [-0.05, 0) is 31.9 Å². The predicted molar refractivity (Wildman–Crippen MR) is 96.3 cm³/mol. The molecule has 0 spiro atoms. The number of nitrogens with zero attached hydrogens (tertiary/aromatic N) is 3. The topological polar surface area (TPSA) is 49.6 Å². The summed E-state index contributed by atoms with van der Waals surface area (Å²) in [5.74, 6) is 1.17. The van der Waals surface area contributed by atoms with Crippen LogP contribution in [0.5, 0.6) is 0 Å². The van der Waals surface area contributed by atoms with Gasteiger partial charge in [0.2, 0.25) is 5.91 Å². The van der Waals surface area contributed by atoms with Crippen molar-refractivity contribution < 1.29 is 9.32 Å². The van der Waals surface area contributed by atoms with Gasteiger partial charge in [-0.15, -0.1) is 0 Å². The van der Waals surface area contributed by atoms with Crippen molar-refractivity contribution in [1.82, 2.24) is 15.0 Å². The van der Waals surface area contributed by atoms with E-state index in [0.717, 1.165) is 61.5 Å². The lowest BCUT2D eigenvalue weighted by atomic mass is 10.00. The van der Waals surface area contributed by atoms with Crippen LogP contribution in [0, 0.1) is 0 Å². The number of hydrogen-bond acceptors (Lipinski definition) is 4. The Labute approximate surface area is 152 Å². The Morgan fingerprint density at radius 2 is 1.92 bits per heavy atom. The molecule has 1 amide bonds. The molecule has 0 bridgehead atoms. The molecule has 2 aliphatic rings. The Bertz CT molecular complexity index is 765. The summed E-state index contributed by atoms with van der Waals surface area (Å²) >= 11 is 5.98. The van der Waals surface area contributed by atoms with Gasteiger partial charge in [0.15, 0.2) is 0 Å². The number of rotatable bonds is 3. The highest BCUT2D eigenvalue weighted by molar-refractivity contribution is 6.30. The van der Waals surface area contributed by atoms with Gasteiger partial charge < -0.3 is 9.42 Å². The van der Waals surface area contributed by atoms with Crippen molar-refractivity contribution in [3.05, 3.63) is 40.6 Å². The van der Waals surface area contributed by atoms with E-state index in [-0.39, 0.29) is 11.9 Å². The second kappa shape index (κ2) is 6.81. The zero-order valence-corrected chi connectivity index (χ0v) is 15.1. The lowest BCUT2D eigenvalue weighted by Crippen LogP contribution is -2.47. The van der Waals surface area contributed by atoms with Crippen LogP contribution >= 0.6 is 11.6 Å². The minimum atomic E-state index is -0.112. The van der Waals surface area contributed by atoms with Crippen molar-refractivity contribution in [3.8, 4) is 11.3 Å². The van der Waals surface area contributed by atoms with E-state index >= 15 is 0 Å². The maximum absolute atomic E-state index is 12.7. The van der Waals surface area contributed by atoms with Crippen LogP contribution in [0.4, 0.5) is 0 Å². The van der Waals surface area contributed by atoms with E-state index in [1.807, 2.05) is 36.1 Å². The fraction of sp³-hybridized carbons (Fsp3) is 0.474. The van der Waals surface area contributed by atoms with Gasteiger partial charge in [-0.3, -0.25) is 9.69 Å². The second-order valence-electron chi connectivity index (χ2n) is 6.87. The van der Waals surface area contributed by atoms with E-state index in [1.165, 1.54) is 0 Å². The van der Waals surface area contributed by atoms with E-state index < -0.39 is 0 Å². The van der Waals surface area contributed by atoms with Crippen LogP contribution in [0.2, 0.25) is 5.02 Å². The molecule has 1 saturated heterocycles. The maximum Gasteiger partial charge on any atom is 0.239 e. The molecule has 1 aromatic carbocycles. The molecule has 0 N–H and O–H groups in total. The van der Waals surface area contributed by atoms with Gasteiger partial charge in [0, 0.05) is 48.7 Å². The van der Waals surface area contributed by atoms with E-state index in [4.69, 9.17) is 16.1 Å². The molecule has 1 atom stereocenters. The van der Waals surface area contributed by atoms with Crippen molar-refractivity contribution in [2.24, 2.45) is 0 Å². The summed E-state index contributed by atoms with van der Waals surface area (Å²) in [6, 6.07) is 7.52. The molecule has 1 aromatic heterocycles. The first-order valence-corrected chi connectivity index (χ1v) is 9.27. The van der Waals surface area contributed by atoms with E-state index in [9.17, 15) is 4.79 Å². The highest BCUT2D eigenvalue weighted by atomic mass is 35.5. The third-order valence-corrected chi connectivity index (χ3v) is 5.55. The van der Waals surface area contributed by atoms with Gasteiger partial charge in [-0.1, -0.05) is 28.9 Å². The zero-order valence-electron chi connectivity index (χ0n) is 14.4. The predicted octanol–water partition coefficient (Wildman–Crippen LogP) is 3.36. The first-order chi connectivity index (χ1) is 12.1. The summed E-state index contributed by atoms with van der Waals surface area (Å²) in [5, 5.41) is 4.98. The summed E-state index contributed by atoms with van der Waals surface area (Å²) in [7, 11) is 0. The molecule has 0 unspecified atom stereocenters. The van der Waals surface area contributed by atoms with Crippen LogP contribution in [0.15, 0.2) is 28.8 Å². The number of benzene rings is 1. The summed E-state index contributed by atoms with van der Waals surface area (Å²) in [6.07, 6.45) is 3.03. The largest absolute Gasteiger partial charge is 0.360 e. The van der Waals surface area contributed by atoms with Gasteiger partial charge in [0.05, 0.1) is 6.04 Å². The Balaban J connectivity index is 1.55. The fourth-order valence-electron chi connectivity index (χ4n) is 3.75. The monoisotopic (exact) mass is 359 g/mol. The molecule has 1 fully saturated rings. The number of halogens is 1. The van der Waals surface area contributed by atoms with Crippen molar-refractivity contribution in [2.45, 2.75) is 38.8 Å². The summed E-state index contributed by atoms with van der Waals surface area (Å²) in [4.78, 5) is 16.9. The third kappa shape index (κ3) is 3.18. The number of fused-ring (bicyclic) bond motifs is 1. The first-order valence-electron chi connectivity index (χ1n) is 8.89. The van der Waals surface area contributed by atoms with Crippen molar-refractivity contribution >= 4 is 17.5 Å². The Morgan fingerprint density at radius 3 is 2.64 bits per heavy atom. The van der Waals surface area contributed by atoms with Crippen LogP contribution in [-0.4, -0.2) is 46.5 Å². The van der Waals surface area contributed by atoms with E-state index in [1.54, 1.807) is 0 Å². The normalized spacial score (nSPS) is 19.0. The molecule has 0 radical (unpaired) electrons. The highest BCUT2D eigenvalue weighted by Crippen LogP contribution is 2.31. The van der Waals surface area contributed by atoms with Crippen molar-refractivity contribution in [3.63, 3.8) is 0 Å². The molecule has 2 aliphatic heterocycles. The lowest BCUT2D eigenvalue weighted by Gasteiger charge is -2.33. The zero-order chi connectivity index (χ0) is 17.4. The fourth-order valence-corrected chi connectivity index (χ4v) is 3.88. The Morgan fingerprint density at radius 1 is 1.20 bits per heavy atom. The molecule has 3 heterocycles. The van der Waals surface area contributed by atoms with Gasteiger partial charge >= 0.3 is 0 Å². The Hall–Kier alpha value is -1.85. The number of likely N-dealkylation sites (tertiary alicyclic amines) is 1. The minimum Gasteiger partial charge on any atom is -0.360 e. The quantitative estimate of drug-likeness (QED) is 0.843. The SMILES string of the molecule is C[C@H](C(=O)N1CCCC1)N1CCc2onc(-c3ccc(Cl)cc3)c2C1. The second-order valence-corrected chi connectivity index (χ2v) is 7.31. The van der Waals surface area contributed by atoms with Crippen LogP contribution in [0.25, 0.3) is 11.3 Å². The standard InChI is InChI=1S/C19H22ClN3O2/c1-13(19(24)22-9-2-3-10-22)23-11-8-17-16(12-23)18(21-25-17)14-4-6-15(20)7-5-14/h4-7,13H,2-3,8-12H2,1H3/t13-/m1/s1. The van der Waals surface area contributed by atoms with E-state index in [0.29, 0.717) is 11.6 Å². The molecule has 132 valence electrons. The summed E-state index contributed by atoms with van der Waals surface area (Å²) < 4.78 is 5.56. The van der Waals surface area contributed by atoms with Gasteiger partial charge in [0.25, 0.3) is 0 Å². The van der Waals surface area contributed by atoms with Crippen molar-refractivity contribution in [1.29, 1.82) is 0 Å². The van der Waals surface area contributed by atoms with Crippen LogP contribution in [0.3, 0.4) is 0 Å². The Kier molecular flexibility index (Phi) is 4.52. The molecular weight excluding hydrogens is 338 g/mol. The average Bonchev–Trinajstić information content (AvgIpc) is 3.30. The van der Waals surface area contributed by atoms with Crippen LogP contribution < -0.4 is 0 Å². The number of hydrogen-bond donors (Lipinski definition) is 0. The van der Waals surface area contributed by atoms with Crippen molar-refractivity contribution in [2.75, 3.05) is 19.6 Å². The average molecular weight is 360 g/mol. The summed E-state index contributed by atoms with van der Waals surface area (Å²) in [5.41, 5.74) is 2.95. The lowest BCUT2D eigenvalue weighted by molar-refractivity contribution is -0.135. The molecule has 4 rings (SSSR count). The smallest absolute Gasteiger partial charge is 0.239 e. The molecule has 0 saturated carbocycles. The number of carbonyl (C=O) groups is 1. The van der Waals surface area contributed by atoms with Gasteiger partial charge in [0.1, 0.15) is 11.5 Å². The molecule has 6 heteroatoms. The van der Waals surface area contributed by atoms with Crippen LogP contribution in [0.1, 0.15) is 31.1 Å². The molecule has 5 nitrogen and oxygen atoms in total. The van der Waals surface area contributed by atoms with Gasteiger partial charge in [-0.2, -0.15) is 0 Å². The number of amides is 1. The number of aromatic nitrogens is 1. The third-order valence-electron chi connectivity index (χ3n) is 5.30. The highest BCUT2D eigenvalue weighted by Gasteiger charge is 2.32. The molecule has 2 aromatic rings.